The maximum absolute atomic E-state index is 12.8. The van der Waals surface area contributed by atoms with Crippen LogP contribution in [0, 0.1) is 0 Å². The Bertz CT molecular complexity index is 518. The topological polar surface area (TPSA) is 54.4 Å². The molecule has 2 fully saturated rings. The van der Waals surface area contributed by atoms with E-state index < -0.39 is 12.2 Å². The Hall–Kier alpha value is -0.820. The summed E-state index contributed by atoms with van der Waals surface area (Å²) in [6.07, 6.45) is -4.19. The molecule has 1 amide bonds. The van der Waals surface area contributed by atoms with E-state index in [-0.39, 0.29) is 29.9 Å². The van der Waals surface area contributed by atoms with Crippen LogP contribution in [-0.2, 0) is 4.79 Å². The fourth-order valence-corrected chi connectivity index (χ4v) is 3.47. The van der Waals surface area contributed by atoms with E-state index in [2.05, 4.69) is 15.2 Å². The summed E-state index contributed by atoms with van der Waals surface area (Å²) in [5.41, 5.74) is 0. The molecule has 2 heterocycles. The van der Waals surface area contributed by atoms with Crippen LogP contribution in [0.1, 0.15) is 13.8 Å². The second kappa shape index (κ2) is 11.4. The Labute approximate surface area is 182 Å². The maximum Gasteiger partial charge on any atom is 0.403 e. The molecule has 0 radical (unpaired) electrons. The first-order chi connectivity index (χ1) is 12.7. The molecule has 1 unspecified atom stereocenters. The third-order valence-corrected chi connectivity index (χ3v) is 5.38. The van der Waals surface area contributed by atoms with Gasteiger partial charge >= 0.3 is 6.18 Å². The van der Waals surface area contributed by atoms with Gasteiger partial charge in [-0.3, -0.25) is 19.6 Å². The zero-order chi connectivity index (χ0) is 20.0. The number of alkyl halides is 3. The number of hydrogen-bond acceptors (Lipinski definition) is 4. The normalized spacial score (nSPS) is 21.3. The molecule has 1 N–H and O–H groups in total. The van der Waals surface area contributed by atoms with Crippen molar-refractivity contribution < 1.29 is 18.0 Å². The van der Waals surface area contributed by atoms with Crippen LogP contribution < -0.4 is 5.32 Å². The quantitative estimate of drug-likeness (QED) is 0.340. The lowest BCUT2D eigenvalue weighted by atomic mass is 10.2. The fourth-order valence-electron chi connectivity index (χ4n) is 3.47. The molecule has 0 aromatic heterocycles. The highest BCUT2D eigenvalue weighted by atomic mass is 127. The van der Waals surface area contributed by atoms with Crippen molar-refractivity contribution in [3.63, 3.8) is 0 Å². The van der Waals surface area contributed by atoms with Crippen molar-refractivity contribution in [2.45, 2.75) is 26.1 Å². The van der Waals surface area contributed by atoms with Crippen LogP contribution in [0.4, 0.5) is 13.2 Å². The van der Waals surface area contributed by atoms with Gasteiger partial charge in [-0.1, -0.05) is 0 Å². The molecule has 0 aliphatic carbocycles. The van der Waals surface area contributed by atoms with Gasteiger partial charge in [0.2, 0.25) is 5.91 Å². The number of nitrogens with zero attached hydrogens (tertiary/aromatic N) is 5. The molecule has 11 heteroatoms. The number of rotatable bonds is 4. The Morgan fingerprint density at radius 3 is 2.04 bits per heavy atom. The standard InChI is InChI=1S/C17H31F3N6O.HI/c1-14(17(18,19)20)24-10-12-26(13-11-24)16(21-3)22-4-5-23-6-8-25(9-7-23)15(2)27;/h14H,4-13H2,1-3H3,(H,21,22);1H. The zero-order valence-corrected chi connectivity index (χ0v) is 19.2. The van der Waals surface area contributed by atoms with Gasteiger partial charge in [-0.25, -0.2) is 0 Å². The predicted molar refractivity (Wildman–Crippen MR) is 114 cm³/mol. The van der Waals surface area contributed by atoms with Gasteiger partial charge in [0.15, 0.2) is 5.96 Å². The molecule has 2 aliphatic rings. The van der Waals surface area contributed by atoms with Gasteiger partial charge in [-0.15, -0.1) is 24.0 Å². The number of aliphatic imine (C=N–C) groups is 1. The van der Waals surface area contributed by atoms with E-state index in [0.717, 1.165) is 38.7 Å². The van der Waals surface area contributed by atoms with E-state index in [9.17, 15) is 18.0 Å². The van der Waals surface area contributed by atoms with Gasteiger partial charge < -0.3 is 15.1 Å². The van der Waals surface area contributed by atoms with Crippen molar-refractivity contribution in [1.29, 1.82) is 0 Å². The van der Waals surface area contributed by atoms with Gasteiger partial charge in [0.1, 0.15) is 6.04 Å². The number of carbonyl (C=O) groups excluding carboxylic acids is 1. The number of nitrogens with one attached hydrogen (secondary N) is 1. The number of guanidine groups is 1. The van der Waals surface area contributed by atoms with Crippen LogP contribution in [0.5, 0.6) is 0 Å². The summed E-state index contributed by atoms with van der Waals surface area (Å²) < 4.78 is 38.5. The molecule has 1 atom stereocenters. The van der Waals surface area contributed by atoms with Crippen molar-refractivity contribution in [3.05, 3.63) is 0 Å². The minimum Gasteiger partial charge on any atom is -0.355 e. The largest absolute Gasteiger partial charge is 0.403 e. The van der Waals surface area contributed by atoms with E-state index in [0.29, 0.717) is 32.7 Å². The molecule has 0 spiro atoms. The van der Waals surface area contributed by atoms with Crippen molar-refractivity contribution in [2.75, 3.05) is 72.5 Å². The lowest BCUT2D eigenvalue weighted by molar-refractivity contribution is -0.181. The SMILES string of the molecule is CN=C(NCCN1CCN(C(C)=O)CC1)N1CCN(C(C)C(F)(F)F)CC1.I. The summed E-state index contributed by atoms with van der Waals surface area (Å²) in [5, 5.41) is 3.31. The highest BCUT2D eigenvalue weighted by Gasteiger charge is 2.41. The van der Waals surface area contributed by atoms with E-state index in [1.807, 2.05) is 9.80 Å². The average Bonchev–Trinajstić information content (AvgIpc) is 2.64. The van der Waals surface area contributed by atoms with E-state index in [1.54, 1.807) is 14.0 Å². The Morgan fingerprint density at radius 2 is 1.57 bits per heavy atom. The number of amides is 1. The lowest BCUT2D eigenvalue weighted by Crippen LogP contribution is -2.57. The van der Waals surface area contributed by atoms with Gasteiger partial charge in [0.25, 0.3) is 0 Å². The minimum absolute atomic E-state index is 0. The van der Waals surface area contributed by atoms with Crippen molar-refractivity contribution in [1.82, 2.24) is 24.9 Å². The molecule has 28 heavy (non-hydrogen) atoms. The number of piperazine rings is 2. The summed E-state index contributed by atoms with van der Waals surface area (Å²) >= 11 is 0. The van der Waals surface area contributed by atoms with Crippen LogP contribution in [0.3, 0.4) is 0 Å². The third kappa shape index (κ3) is 7.21. The molecular weight excluding hydrogens is 488 g/mol. The smallest absolute Gasteiger partial charge is 0.355 e. The molecule has 164 valence electrons. The van der Waals surface area contributed by atoms with Crippen LogP contribution >= 0.6 is 24.0 Å². The van der Waals surface area contributed by atoms with Gasteiger partial charge in [0.05, 0.1) is 0 Å². The number of carbonyl (C=O) groups is 1. The molecule has 2 rings (SSSR count). The second-order valence-corrected chi connectivity index (χ2v) is 7.06. The summed E-state index contributed by atoms with van der Waals surface area (Å²) in [6, 6.07) is -1.41. The molecular formula is C17H32F3IN6O. The van der Waals surface area contributed by atoms with Gasteiger partial charge in [-0.2, -0.15) is 13.2 Å². The Kier molecular flexibility index (Phi) is 10.3. The summed E-state index contributed by atoms with van der Waals surface area (Å²) in [4.78, 5) is 23.2. The second-order valence-electron chi connectivity index (χ2n) is 7.06. The first-order valence-corrected chi connectivity index (χ1v) is 9.46. The minimum atomic E-state index is -4.19. The first-order valence-electron chi connectivity index (χ1n) is 9.46. The molecule has 7 nitrogen and oxygen atoms in total. The van der Waals surface area contributed by atoms with Crippen molar-refractivity contribution in [2.24, 2.45) is 4.99 Å². The molecule has 0 saturated carbocycles. The Balaban J connectivity index is 0.00000392. The van der Waals surface area contributed by atoms with E-state index in [1.165, 1.54) is 11.8 Å². The third-order valence-electron chi connectivity index (χ3n) is 5.38. The zero-order valence-electron chi connectivity index (χ0n) is 16.8. The first kappa shape index (κ1) is 25.2. The molecule has 0 aromatic carbocycles. The summed E-state index contributed by atoms with van der Waals surface area (Å²) in [6.45, 7) is 9.37. The molecule has 0 bridgehead atoms. The number of halogens is 4. The summed E-state index contributed by atoms with van der Waals surface area (Å²) in [5.74, 6) is 0.851. The Morgan fingerprint density at radius 1 is 1.04 bits per heavy atom. The van der Waals surface area contributed by atoms with E-state index >= 15 is 0 Å². The van der Waals surface area contributed by atoms with Crippen LogP contribution in [-0.4, -0.2) is 116 Å². The molecule has 2 saturated heterocycles. The van der Waals surface area contributed by atoms with Crippen LogP contribution in [0.2, 0.25) is 0 Å². The van der Waals surface area contributed by atoms with Gasteiger partial charge in [0, 0.05) is 79.4 Å². The molecule has 2 aliphatic heterocycles. The van der Waals surface area contributed by atoms with Gasteiger partial charge in [-0.05, 0) is 6.92 Å². The fraction of sp³-hybridized carbons (Fsp3) is 0.882. The monoisotopic (exact) mass is 520 g/mol. The highest BCUT2D eigenvalue weighted by molar-refractivity contribution is 14.0. The average molecular weight is 520 g/mol. The summed E-state index contributed by atoms with van der Waals surface area (Å²) in [7, 11) is 1.69. The highest BCUT2D eigenvalue weighted by Crippen LogP contribution is 2.25. The molecule has 0 aromatic rings. The van der Waals surface area contributed by atoms with Crippen LogP contribution in [0.15, 0.2) is 4.99 Å². The van der Waals surface area contributed by atoms with Crippen molar-refractivity contribution >= 4 is 35.8 Å². The maximum atomic E-state index is 12.8. The number of hydrogen-bond donors (Lipinski definition) is 1. The predicted octanol–water partition coefficient (Wildman–Crippen LogP) is 0.912. The van der Waals surface area contributed by atoms with Crippen molar-refractivity contribution in [3.8, 4) is 0 Å². The lowest BCUT2D eigenvalue weighted by Gasteiger charge is -2.40. The van der Waals surface area contributed by atoms with E-state index in [4.69, 9.17) is 0 Å². The van der Waals surface area contributed by atoms with Crippen LogP contribution in [0.25, 0.3) is 0 Å².